The van der Waals surface area contributed by atoms with Crippen LogP contribution in [0.4, 0.5) is 4.39 Å². The molecule has 106 valence electrons. The number of nitrogens with zero attached hydrogens (tertiary/aromatic N) is 1. The second-order valence-electron chi connectivity index (χ2n) is 4.65. The van der Waals surface area contributed by atoms with Crippen molar-refractivity contribution in [2.45, 2.75) is 25.8 Å². The van der Waals surface area contributed by atoms with E-state index in [1.165, 1.54) is 11.6 Å². The average molecular weight is 293 g/mol. The Morgan fingerprint density at radius 1 is 1.30 bits per heavy atom. The highest BCUT2D eigenvalue weighted by atomic mass is 35.5. The van der Waals surface area contributed by atoms with E-state index in [-0.39, 0.29) is 11.9 Å². The summed E-state index contributed by atoms with van der Waals surface area (Å²) in [4.78, 5) is 4.45. The maximum Gasteiger partial charge on any atom is 0.127 e. The van der Waals surface area contributed by atoms with Gasteiger partial charge in [-0.3, -0.25) is 4.98 Å². The summed E-state index contributed by atoms with van der Waals surface area (Å²) in [6.07, 6.45) is 3.14. The van der Waals surface area contributed by atoms with Crippen LogP contribution in [0.5, 0.6) is 0 Å². The Balaban J connectivity index is 2.34. The molecule has 0 radical (unpaired) electrons. The van der Waals surface area contributed by atoms with Crippen LogP contribution >= 0.6 is 11.6 Å². The third-order valence-corrected chi connectivity index (χ3v) is 3.81. The summed E-state index contributed by atoms with van der Waals surface area (Å²) < 4.78 is 13.9. The van der Waals surface area contributed by atoms with Crippen molar-refractivity contribution in [2.75, 3.05) is 7.05 Å². The van der Waals surface area contributed by atoms with Gasteiger partial charge in [0.05, 0.1) is 11.7 Å². The van der Waals surface area contributed by atoms with E-state index in [1.807, 2.05) is 13.1 Å². The van der Waals surface area contributed by atoms with Gasteiger partial charge in [-0.15, -0.1) is 0 Å². The average Bonchev–Trinajstić information content (AvgIpc) is 2.47. The van der Waals surface area contributed by atoms with E-state index in [9.17, 15) is 4.39 Å². The van der Waals surface area contributed by atoms with Crippen molar-refractivity contribution in [2.24, 2.45) is 0 Å². The molecular formula is C16H18ClFN2. The summed E-state index contributed by atoms with van der Waals surface area (Å²) in [5.74, 6) is -0.272. The highest BCUT2D eigenvalue weighted by Gasteiger charge is 2.18. The second kappa shape index (κ2) is 6.82. The molecular weight excluding hydrogens is 275 g/mol. The molecule has 0 saturated heterocycles. The highest BCUT2D eigenvalue weighted by Crippen LogP contribution is 2.26. The third kappa shape index (κ3) is 3.17. The van der Waals surface area contributed by atoms with Crippen molar-refractivity contribution in [3.05, 3.63) is 64.2 Å². The lowest BCUT2D eigenvalue weighted by Gasteiger charge is -2.19. The molecule has 0 bridgehead atoms. The standard InChI is InChI=1S/C16H18ClFN2/c1-3-11-6-5-9-20-16(11)15(19-2)10-12-13(17)7-4-8-14(12)18/h4-9,15,19H,3,10H2,1-2H3. The van der Waals surface area contributed by atoms with E-state index in [1.54, 1.807) is 18.3 Å². The molecule has 0 saturated carbocycles. The number of likely N-dealkylation sites (N-methyl/N-ethyl adjacent to an activating group) is 1. The number of aromatic nitrogens is 1. The Bertz CT molecular complexity index is 566. The first-order valence-corrected chi connectivity index (χ1v) is 7.09. The highest BCUT2D eigenvalue weighted by molar-refractivity contribution is 6.31. The van der Waals surface area contributed by atoms with E-state index >= 15 is 0 Å². The van der Waals surface area contributed by atoms with Crippen LogP contribution < -0.4 is 5.32 Å². The summed E-state index contributed by atoms with van der Waals surface area (Å²) in [5, 5.41) is 3.67. The zero-order valence-electron chi connectivity index (χ0n) is 11.7. The summed E-state index contributed by atoms with van der Waals surface area (Å²) in [6.45, 7) is 2.09. The number of hydrogen-bond acceptors (Lipinski definition) is 2. The summed E-state index contributed by atoms with van der Waals surface area (Å²) in [5.41, 5.74) is 2.65. The van der Waals surface area contributed by atoms with Crippen molar-refractivity contribution < 1.29 is 4.39 Å². The Labute approximate surface area is 124 Å². The van der Waals surface area contributed by atoms with Gasteiger partial charge in [0, 0.05) is 16.8 Å². The lowest BCUT2D eigenvalue weighted by molar-refractivity contribution is 0.541. The molecule has 0 fully saturated rings. The second-order valence-corrected chi connectivity index (χ2v) is 5.05. The van der Waals surface area contributed by atoms with Gasteiger partial charge < -0.3 is 5.32 Å². The first kappa shape index (κ1) is 14.9. The number of halogens is 2. The van der Waals surface area contributed by atoms with Crippen LogP contribution in [0.25, 0.3) is 0 Å². The molecule has 1 aromatic carbocycles. The minimum atomic E-state index is -0.272. The zero-order valence-corrected chi connectivity index (χ0v) is 12.4. The minimum Gasteiger partial charge on any atom is -0.311 e. The molecule has 0 amide bonds. The number of benzene rings is 1. The van der Waals surface area contributed by atoms with E-state index < -0.39 is 0 Å². The third-order valence-electron chi connectivity index (χ3n) is 3.46. The van der Waals surface area contributed by atoms with Gasteiger partial charge in [-0.05, 0) is 43.7 Å². The van der Waals surface area contributed by atoms with Crippen LogP contribution in [-0.2, 0) is 12.8 Å². The van der Waals surface area contributed by atoms with Crippen LogP contribution in [0.2, 0.25) is 5.02 Å². The topological polar surface area (TPSA) is 24.9 Å². The Morgan fingerprint density at radius 2 is 2.10 bits per heavy atom. The maximum absolute atomic E-state index is 13.9. The fourth-order valence-corrected chi connectivity index (χ4v) is 2.57. The lowest BCUT2D eigenvalue weighted by atomic mass is 9.98. The number of rotatable bonds is 5. The van der Waals surface area contributed by atoms with E-state index in [0.29, 0.717) is 17.0 Å². The molecule has 0 aliphatic heterocycles. The monoisotopic (exact) mass is 292 g/mol. The quantitative estimate of drug-likeness (QED) is 0.903. The molecule has 4 heteroatoms. The SMILES string of the molecule is CCc1cccnc1C(Cc1c(F)cccc1Cl)NC. The molecule has 0 aliphatic carbocycles. The molecule has 1 heterocycles. The van der Waals surface area contributed by atoms with Gasteiger partial charge in [0.25, 0.3) is 0 Å². The molecule has 2 nitrogen and oxygen atoms in total. The van der Waals surface area contributed by atoms with Crippen molar-refractivity contribution in [1.82, 2.24) is 10.3 Å². The minimum absolute atomic E-state index is 0.0550. The predicted molar refractivity (Wildman–Crippen MR) is 80.5 cm³/mol. The van der Waals surface area contributed by atoms with Crippen molar-refractivity contribution >= 4 is 11.6 Å². The number of pyridine rings is 1. The van der Waals surface area contributed by atoms with Crippen LogP contribution in [0, 0.1) is 5.82 Å². The van der Waals surface area contributed by atoms with Gasteiger partial charge in [-0.2, -0.15) is 0 Å². The summed E-state index contributed by atoms with van der Waals surface area (Å²) in [7, 11) is 1.85. The Hall–Kier alpha value is -1.45. The van der Waals surface area contributed by atoms with Crippen LogP contribution in [-0.4, -0.2) is 12.0 Å². The van der Waals surface area contributed by atoms with Crippen LogP contribution in [0.3, 0.4) is 0 Å². The fourth-order valence-electron chi connectivity index (χ4n) is 2.33. The first-order chi connectivity index (χ1) is 9.67. The van der Waals surface area contributed by atoms with Crippen molar-refractivity contribution in [3.63, 3.8) is 0 Å². The number of aryl methyl sites for hydroxylation is 1. The number of nitrogens with one attached hydrogen (secondary N) is 1. The number of hydrogen-bond donors (Lipinski definition) is 1. The van der Waals surface area contributed by atoms with E-state index in [0.717, 1.165) is 12.1 Å². The normalized spacial score (nSPS) is 12.4. The molecule has 0 spiro atoms. The van der Waals surface area contributed by atoms with E-state index in [4.69, 9.17) is 11.6 Å². The maximum atomic E-state index is 13.9. The molecule has 1 unspecified atom stereocenters. The predicted octanol–water partition coefficient (Wildman–Crippen LogP) is 3.94. The van der Waals surface area contributed by atoms with Gasteiger partial charge in [-0.1, -0.05) is 30.7 Å². The summed E-state index contributed by atoms with van der Waals surface area (Å²) >= 11 is 6.10. The Kier molecular flexibility index (Phi) is 5.10. The molecule has 2 aromatic rings. The van der Waals surface area contributed by atoms with Crippen molar-refractivity contribution in [3.8, 4) is 0 Å². The molecule has 1 aromatic heterocycles. The lowest BCUT2D eigenvalue weighted by Crippen LogP contribution is -2.22. The van der Waals surface area contributed by atoms with E-state index in [2.05, 4.69) is 23.3 Å². The zero-order chi connectivity index (χ0) is 14.5. The first-order valence-electron chi connectivity index (χ1n) is 6.71. The van der Waals surface area contributed by atoms with Gasteiger partial charge in [0.2, 0.25) is 0 Å². The van der Waals surface area contributed by atoms with Crippen molar-refractivity contribution in [1.29, 1.82) is 0 Å². The van der Waals surface area contributed by atoms with Crippen LogP contribution in [0.15, 0.2) is 36.5 Å². The van der Waals surface area contributed by atoms with Gasteiger partial charge in [-0.25, -0.2) is 4.39 Å². The Morgan fingerprint density at radius 3 is 2.75 bits per heavy atom. The smallest absolute Gasteiger partial charge is 0.127 e. The van der Waals surface area contributed by atoms with Gasteiger partial charge in [0.1, 0.15) is 5.82 Å². The van der Waals surface area contributed by atoms with Crippen LogP contribution in [0.1, 0.15) is 29.8 Å². The van der Waals surface area contributed by atoms with Gasteiger partial charge in [0.15, 0.2) is 0 Å². The molecule has 0 aliphatic rings. The largest absolute Gasteiger partial charge is 0.311 e. The van der Waals surface area contributed by atoms with Gasteiger partial charge >= 0.3 is 0 Å². The molecule has 1 N–H and O–H groups in total. The molecule has 20 heavy (non-hydrogen) atoms. The fraction of sp³-hybridized carbons (Fsp3) is 0.312. The molecule has 1 atom stereocenters. The summed E-state index contributed by atoms with van der Waals surface area (Å²) in [6, 6.07) is 8.69. The molecule has 2 rings (SSSR count).